The fourth-order valence-corrected chi connectivity index (χ4v) is 3.80. The Morgan fingerprint density at radius 1 is 1.60 bits per heavy atom. The van der Waals surface area contributed by atoms with Crippen LogP contribution in [0.1, 0.15) is 33.6 Å². The van der Waals surface area contributed by atoms with E-state index in [4.69, 9.17) is 5.73 Å². The Hall–Kier alpha value is 0.230. The van der Waals surface area contributed by atoms with Crippen LogP contribution in [0.3, 0.4) is 0 Å². The van der Waals surface area contributed by atoms with Gasteiger partial charge in [0.15, 0.2) is 0 Å². The molecule has 0 amide bonds. The van der Waals surface area contributed by atoms with Gasteiger partial charge in [-0.3, -0.25) is 0 Å². The van der Waals surface area contributed by atoms with E-state index in [1.54, 1.807) is 0 Å². The summed E-state index contributed by atoms with van der Waals surface area (Å²) < 4.78 is 0. The molecule has 0 saturated carbocycles. The number of thioether (sulfide) groups is 1. The van der Waals surface area contributed by atoms with Gasteiger partial charge in [0, 0.05) is 23.4 Å². The molecule has 0 spiro atoms. The van der Waals surface area contributed by atoms with Crippen LogP contribution in [-0.4, -0.2) is 40.3 Å². The van der Waals surface area contributed by atoms with Crippen molar-refractivity contribution in [3.63, 3.8) is 0 Å². The number of rotatable bonds is 5. The van der Waals surface area contributed by atoms with Crippen LogP contribution in [0, 0.1) is 0 Å². The molecule has 15 heavy (non-hydrogen) atoms. The third kappa shape index (κ3) is 3.34. The Morgan fingerprint density at radius 2 is 2.27 bits per heavy atom. The van der Waals surface area contributed by atoms with Crippen LogP contribution in [0.25, 0.3) is 0 Å². The minimum absolute atomic E-state index is 0.0823. The Balaban J connectivity index is 2.52. The summed E-state index contributed by atoms with van der Waals surface area (Å²) in [5.41, 5.74) is 5.98. The van der Waals surface area contributed by atoms with E-state index in [1.807, 2.05) is 18.7 Å². The largest absolute Gasteiger partial charge is 0.393 e. The van der Waals surface area contributed by atoms with Crippen LogP contribution < -0.4 is 11.1 Å². The number of nitrogens with one attached hydrogen (secondary N) is 1. The molecule has 0 bridgehead atoms. The van der Waals surface area contributed by atoms with Gasteiger partial charge in [0.2, 0.25) is 0 Å². The van der Waals surface area contributed by atoms with E-state index in [0.29, 0.717) is 17.8 Å². The molecule has 1 saturated heterocycles. The fourth-order valence-electron chi connectivity index (χ4n) is 2.36. The first kappa shape index (κ1) is 13.3. The highest BCUT2D eigenvalue weighted by molar-refractivity contribution is 8.00. The van der Waals surface area contributed by atoms with Crippen LogP contribution in [0.15, 0.2) is 0 Å². The summed E-state index contributed by atoms with van der Waals surface area (Å²) in [6.45, 7) is 6.89. The van der Waals surface area contributed by atoms with E-state index in [9.17, 15) is 5.11 Å². The van der Waals surface area contributed by atoms with E-state index in [1.165, 1.54) is 5.75 Å². The summed E-state index contributed by atoms with van der Waals surface area (Å²) in [5.74, 6) is 1.19. The van der Waals surface area contributed by atoms with Gasteiger partial charge < -0.3 is 16.2 Å². The van der Waals surface area contributed by atoms with Gasteiger partial charge in [0.1, 0.15) is 0 Å². The van der Waals surface area contributed by atoms with Gasteiger partial charge >= 0.3 is 0 Å². The van der Waals surface area contributed by atoms with Crippen molar-refractivity contribution in [1.29, 1.82) is 0 Å². The average Bonchev–Trinajstić information content (AvgIpc) is 2.47. The highest BCUT2D eigenvalue weighted by Crippen LogP contribution is 2.35. The van der Waals surface area contributed by atoms with Gasteiger partial charge in [-0.05, 0) is 32.4 Å². The third-order valence-electron chi connectivity index (χ3n) is 3.29. The first-order valence-electron chi connectivity index (χ1n) is 5.77. The van der Waals surface area contributed by atoms with Crippen LogP contribution in [0.4, 0.5) is 0 Å². The van der Waals surface area contributed by atoms with Crippen molar-refractivity contribution >= 4 is 11.8 Å². The Labute approximate surface area is 97.2 Å². The summed E-state index contributed by atoms with van der Waals surface area (Å²) in [7, 11) is 0. The van der Waals surface area contributed by atoms with Gasteiger partial charge in [-0.2, -0.15) is 11.8 Å². The molecule has 0 aliphatic carbocycles. The lowest BCUT2D eigenvalue weighted by Gasteiger charge is -2.36. The topological polar surface area (TPSA) is 58.3 Å². The zero-order valence-corrected chi connectivity index (χ0v) is 10.8. The second kappa shape index (κ2) is 5.53. The molecule has 4 heteroatoms. The first-order chi connectivity index (χ1) is 7.00. The van der Waals surface area contributed by atoms with E-state index in [0.717, 1.165) is 12.8 Å². The summed E-state index contributed by atoms with van der Waals surface area (Å²) in [6, 6.07) is 0.328. The molecular formula is C11H24N2OS. The van der Waals surface area contributed by atoms with Crippen LogP contribution in [0.2, 0.25) is 0 Å². The monoisotopic (exact) mass is 232 g/mol. The number of aliphatic hydroxyl groups excluding tert-OH is 1. The van der Waals surface area contributed by atoms with Gasteiger partial charge in [0.25, 0.3) is 0 Å². The maximum Gasteiger partial charge on any atom is 0.0526 e. The van der Waals surface area contributed by atoms with Gasteiger partial charge in [-0.1, -0.05) is 6.92 Å². The highest BCUT2D eigenvalue weighted by Gasteiger charge is 2.40. The zero-order valence-electron chi connectivity index (χ0n) is 9.99. The lowest BCUT2D eigenvalue weighted by atomic mass is 9.91. The van der Waals surface area contributed by atoms with Crippen LogP contribution in [-0.2, 0) is 0 Å². The van der Waals surface area contributed by atoms with Crippen molar-refractivity contribution in [2.75, 3.05) is 12.3 Å². The number of hydrogen-bond acceptors (Lipinski definition) is 4. The highest BCUT2D eigenvalue weighted by atomic mass is 32.2. The summed E-state index contributed by atoms with van der Waals surface area (Å²) in [6.07, 6.45) is 1.69. The predicted molar refractivity (Wildman–Crippen MR) is 67.2 cm³/mol. The molecule has 4 N–H and O–H groups in total. The molecule has 1 heterocycles. The van der Waals surface area contributed by atoms with Crippen LogP contribution >= 0.6 is 11.8 Å². The quantitative estimate of drug-likeness (QED) is 0.661. The molecule has 1 rings (SSSR count). The Bertz CT molecular complexity index is 201. The van der Waals surface area contributed by atoms with Gasteiger partial charge in [-0.25, -0.2) is 0 Å². The van der Waals surface area contributed by atoms with Gasteiger partial charge in [-0.15, -0.1) is 0 Å². The van der Waals surface area contributed by atoms with E-state index in [-0.39, 0.29) is 11.6 Å². The molecule has 4 unspecified atom stereocenters. The smallest absolute Gasteiger partial charge is 0.0526 e. The van der Waals surface area contributed by atoms with Gasteiger partial charge in [0.05, 0.1) is 6.10 Å². The number of aliphatic hydroxyl groups is 1. The summed E-state index contributed by atoms with van der Waals surface area (Å²) in [5, 5.41) is 13.5. The number of nitrogens with two attached hydrogens (primary N) is 1. The molecule has 1 fully saturated rings. The molecule has 1 aliphatic heterocycles. The summed E-state index contributed by atoms with van der Waals surface area (Å²) >= 11 is 1.98. The molecule has 0 radical (unpaired) electrons. The first-order valence-corrected chi connectivity index (χ1v) is 6.82. The maximum atomic E-state index is 9.34. The second-order valence-electron chi connectivity index (χ2n) is 4.75. The molecular weight excluding hydrogens is 208 g/mol. The second-order valence-corrected chi connectivity index (χ2v) is 6.20. The fraction of sp³-hybridized carbons (Fsp3) is 1.00. The standard InChI is InChI=1S/C11H24N2OS/c1-8(6-9(2)14)13-11(7-12)4-5-15-10(11)3/h8-10,13-14H,4-7,12H2,1-3H3. The minimum atomic E-state index is -0.244. The maximum absolute atomic E-state index is 9.34. The summed E-state index contributed by atoms with van der Waals surface area (Å²) in [4.78, 5) is 0. The van der Waals surface area contributed by atoms with Crippen molar-refractivity contribution < 1.29 is 5.11 Å². The molecule has 0 aromatic carbocycles. The normalized spacial score (nSPS) is 35.4. The molecule has 0 aromatic rings. The van der Waals surface area contributed by atoms with E-state index < -0.39 is 0 Å². The Kier molecular flexibility index (Phi) is 4.90. The third-order valence-corrected chi connectivity index (χ3v) is 4.68. The molecule has 1 aliphatic rings. The van der Waals surface area contributed by atoms with E-state index >= 15 is 0 Å². The minimum Gasteiger partial charge on any atom is -0.393 e. The molecule has 90 valence electrons. The lowest BCUT2D eigenvalue weighted by Crippen LogP contribution is -2.58. The van der Waals surface area contributed by atoms with Crippen molar-refractivity contribution in [3.8, 4) is 0 Å². The predicted octanol–water partition coefficient (Wildman–Crippen LogP) is 0.958. The Morgan fingerprint density at radius 3 is 2.67 bits per heavy atom. The SMILES string of the molecule is CC(O)CC(C)NC1(CN)CCSC1C. The molecule has 0 aromatic heterocycles. The average molecular weight is 232 g/mol. The van der Waals surface area contributed by atoms with Crippen molar-refractivity contribution in [2.45, 2.75) is 56.5 Å². The van der Waals surface area contributed by atoms with E-state index in [2.05, 4.69) is 19.2 Å². The zero-order chi connectivity index (χ0) is 11.5. The van der Waals surface area contributed by atoms with Crippen molar-refractivity contribution in [3.05, 3.63) is 0 Å². The molecule has 4 atom stereocenters. The van der Waals surface area contributed by atoms with Crippen molar-refractivity contribution in [2.24, 2.45) is 5.73 Å². The molecule has 3 nitrogen and oxygen atoms in total. The number of hydrogen-bond donors (Lipinski definition) is 3. The lowest BCUT2D eigenvalue weighted by molar-refractivity contribution is 0.159. The van der Waals surface area contributed by atoms with Crippen LogP contribution in [0.5, 0.6) is 0 Å². The van der Waals surface area contributed by atoms with Crippen molar-refractivity contribution in [1.82, 2.24) is 5.32 Å².